The largest absolute Gasteiger partial charge is 0.465 e. The van der Waals surface area contributed by atoms with E-state index in [1.54, 1.807) is 6.08 Å². The highest BCUT2D eigenvalue weighted by Gasteiger charge is 2.18. The molecule has 2 aliphatic rings. The van der Waals surface area contributed by atoms with Crippen molar-refractivity contribution in [1.82, 2.24) is 0 Å². The maximum atomic E-state index is 12.3. The van der Waals surface area contributed by atoms with Gasteiger partial charge in [0.1, 0.15) is 0 Å². The van der Waals surface area contributed by atoms with Crippen molar-refractivity contribution < 1.29 is 28.5 Å². The molecular formula is C21H18O6. The van der Waals surface area contributed by atoms with Gasteiger partial charge >= 0.3 is 5.97 Å². The number of esters is 1. The molecule has 0 saturated heterocycles. The molecule has 0 aliphatic carbocycles. The van der Waals surface area contributed by atoms with Crippen molar-refractivity contribution in [1.29, 1.82) is 0 Å². The summed E-state index contributed by atoms with van der Waals surface area (Å²) in [4.78, 5) is 12.3. The molecule has 0 radical (unpaired) electrons. The first-order chi connectivity index (χ1) is 13.1. The molecule has 0 spiro atoms. The fourth-order valence-electron chi connectivity index (χ4n) is 2.98. The number of methoxy groups -OCH3 is 1. The lowest BCUT2D eigenvalue weighted by Gasteiger charge is -2.10. The molecule has 0 saturated carbocycles. The molecule has 0 bridgehead atoms. The fourth-order valence-corrected chi connectivity index (χ4v) is 2.98. The summed E-state index contributed by atoms with van der Waals surface area (Å²) < 4.78 is 26.4. The molecule has 6 heteroatoms. The van der Waals surface area contributed by atoms with Gasteiger partial charge in [-0.1, -0.05) is 18.7 Å². The Bertz CT molecular complexity index is 944. The van der Waals surface area contributed by atoms with E-state index in [1.807, 2.05) is 36.4 Å². The molecule has 0 amide bonds. The number of fused-ring (bicyclic) bond motifs is 2. The van der Waals surface area contributed by atoms with Crippen LogP contribution in [0.5, 0.6) is 23.0 Å². The summed E-state index contributed by atoms with van der Waals surface area (Å²) in [5.41, 5.74) is 2.80. The van der Waals surface area contributed by atoms with Crippen LogP contribution in [0.1, 0.15) is 11.1 Å². The summed E-state index contributed by atoms with van der Waals surface area (Å²) in [7, 11) is 1.35. The molecule has 2 aliphatic heterocycles. The van der Waals surface area contributed by atoms with Crippen LogP contribution in [0.4, 0.5) is 0 Å². The topological polar surface area (TPSA) is 63.2 Å². The van der Waals surface area contributed by atoms with E-state index in [4.69, 9.17) is 23.7 Å². The predicted octanol–water partition coefficient (Wildman–Crippen LogP) is 3.50. The van der Waals surface area contributed by atoms with Gasteiger partial charge < -0.3 is 23.7 Å². The van der Waals surface area contributed by atoms with E-state index in [1.165, 1.54) is 7.11 Å². The maximum Gasteiger partial charge on any atom is 0.338 e. The first kappa shape index (κ1) is 17.0. The quantitative estimate of drug-likeness (QED) is 0.459. The standard InChI is InChI=1S/C21H18O6/c1-13(7-14-3-5-17-19(9-14)26-11-24-17)16(21(22)23-2)8-15-4-6-18-20(10-15)27-12-25-18/h3-6,8-10H,1,7,11-12H2,2H3/b16-8-. The van der Waals surface area contributed by atoms with Gasteiger partial charge in [-0.3, -0.25) is 0 Å². The van der Waals surface area contributed by atoms with E-state index >= 15 is 0 Å². The van der Waals surface area contributed by atoms with Gasteiger partial charge in [-0.15, -0.1) is 0 Å². The molecular weight excluding hydrogens is 348 g/mol. The third-order valence-corrected chi connectivity index (χ3v) is 4.35. The van der Waals surface area contributed by atoms with Crippen molar-refractivity contribution in [2.45, 2.75) is 6.42 Å². The monoisotopic (exact) mass is 366 g/mol. The number of hydrogen-bond acceptors (Lipinski definition) is 6. The van der Waals surface area contributed by atoms with Gasteiger partial charge in [0, 0.05) is 0 Å². The van der Waals surface area contributed by atoms with Crippen molar-refractivity contribution in [3.8, 4) is 23.0 Å². The van der Waals surface area contributed by atoms with Gasteiger partial charge in [-0.05, 0) is 53.5 Å². The average molecular weight is 366 g/mol. The Hall–Kier alpha value is -3.41. The number of ether oxygens (including phenoxy) is 5. The van der Waals surface area contributed by atoms with Crippen molar-refractivity contribution in [2.24, 2.45) is 0 Å². The predicted molar refractivity (Wildman–Crippen MR) is 98.0 cm³/mol. The van der Waals surface area contributed by atoms with Crippen molar-refractivity contribution in [3.63, 3.8) is 0 Å². The Balaban J connectivity index is 1.59. The third kappa shape index (κ3) is 3.46. The second-order valence-electron chi connectivity index (χ2n) is 6.13. The van der Waals surface area contributed by atoms with E-state index in [0.717, 1.165) is 11.1 Å². The van der Waals surface area contributed by atoms with Gasteiger partial charge in [0.15, 0.2) is 23.0 Å². The molecule has 0 N–H and O–H groups in total. The van der Waals surface area contributed by atoms with E-state index in [9.17, 15) is 4.79 Å². The summed E-state index contributed by atoms with van der Waals surface area (Å²) in [5.74, 6) is 2.30. The summed E-state index contributed by atoms with van der Waals surface area (Å²) in [5, 5.41) is 0. The fraction of sp³-hybridized carbons (Fsp3) is 0.190. The Labute approximate surface area is 156 Å². The molecule has 6 nitrogen and oxygen atoms in total. The van der Waals surface area contributed by atoms with Crippen LogP contribution in [0, 0.1) is 0 Å². The van der Waals surface area contributed by atoms with Gasteiger partial charge in [-0.25, -0.2) is 4.79 Å². The lowest BCUT2D eigenvalue weighted by molar-refractivity contribution is -0.135. The molecule has 2 heterocycles. The van der Waals surface area contributed by atoms with Gasteiger partial charge in [0.05, 0.1) is 12.7 Å². The highest BCUT2D eigenvalue weighted by atomic mass is 16.7. The molecule has 2 aromatic rings. The second kappa shape index (κ2) is 7.07. The van der Waals surface area contributed by atoms with Gasteiger partial charge in [0.2, 0.25) is 13.6 Å². The second-order valence-corrected chi connectivity index (χ2v) is 6.13. The van der Waals surface area contributed by atoms with E-state index in [-0.39, 0.29) is 13.6 Å². The van der Waals surface area contributed by atoms with Crippen LogP contribution in [0.3, 0.4) is 0 Å². The zero-order valence-corrected chi connectivity index (χ0v) is 14.8. The zero-order valence-electron chi connectivity index (χ0n) is 14.8. The molecule has 2 aromatic carbocycles. The Morgan fingerprint density at radius 3 is 2.33 bits per heavy atom. The first-order valence-corrected chi connectivity index (χ1v) is 8.40. The van der Waals surface area contributed by atoms with Crippen LogP contribution >= 0.6 is 0 Å². The van der Waals surface area contributed by atoms with Crippen molar-refractivity contribution in [3.05, 3.63) is 65.3 Å². The van der Waals surface area contributed by atoms with Crippen LogP contribution in [0.15, 0.2) is 54.1 Å². The number of benzene rings is 2. The molecule has 4 rings (SSSR count). The van der Waals surface area contributed by atoms with Crippen molar-refractivity contribution >= 4 is 12.0 Å². The minimum absolute atomic E-state index is 0.198. The SMILES string of the molecule is C=C(Cc1ccc2c(c1)OCO2)/C(=C/c1ccc2c(c1)OCO2)C(=O)OC. The number of hydrogen-bond donors (Lipinski definition) is 0. The summed E-state index contributed by atoms with van der Waals surface area (Å²) >= 11 is 0. The Morgan fingerprint density at radius 1 is 1.00 bits per heavy atom. The van der Waals surface area contributed by atoms with Crippen LogP contribution in [0.2, 0.25) is 0 Å². The number of rotatable bonds is 5. The normalized spacial score (nSPS) is 14.2. The van der Waals surface area contributed by atoms with Crippen LogP contribution < -0.4 is 18.9 Å². The van der Waals surface area contributed by atoms with Crippen molar-refractivity contribution in [2.75, 3.05) is 20.7 Å². The molecule has 0 aromatic heterocycles. The minimum atomic E-state index is -0.446. The summed E-state index contributed by atoms with van der Waals surface area (Å²) in [6.07, 6.45) is 2.21. The van der Waals surface area contributed by atoms with E-state index in [2.05, 4.69) is 6.58 Å². The maximum absolute atomic E-state index is 12.3. The van der Waals surface area contributed by atoms with E-state index in [0.29, 0.717) is 40.6 Å². The molecule has 0 atom stereocenters. The third-order valence-electron chi connectivity index (χ3n) is 4.35. The first-order valence-electron chi connectivity index (χ1n) is 8.40. The molecule has 138 valence electrons. The lowest BCUT2D eigenvalue weighted by Crippen LogP contribution is -2.08. The lowest BCUT2D eigenvalue weighted by atomic mass is 9.97. The minimum Gasteiger partial charge on any atom is -0.465 e. The van der Waals surface area contributed by atoms with Crippen LogP contribution in [-0.4, -0.2) is 26.7 Å². The van der Waals surface area contributed by atoms with Gasteiger partial charge in [-0.2, -0.15) is 0 Å². The summed E-state index contributed by atoms with van der Waals surface area (Å²) in [6, 6.07) is 11.1. The highest BCUT2D eigenvalue weighted by Crippen LogP contribution is 2.35. The highest BCUT2D eigenvalue weighted by molar-refractivity contribution is 5.98. The smallest absolute Gasteiger partial charge is 0.338 e. The summed E-state index contributed by atoms with van der Waals surface area (Å²) in [6.45, 7) is 4.50. The van der Waals surface area contributed by atoms with E-state index < -0.39 is 5.97 Å². The average Bonchev–Trinajstić information content (AvgIpc) is 3.33. The molecule has 27 heavy (non-hydrogen) atoms. The zero-order chi connectivity index (χ0) is 18.8. The van der Waals surface area contributed by atoms with Crippen LogP contribution in [-0.2, 0) is 16.0 Å². The van der Waals surface area contributed by atoms with Gasteiger partial charge in [0.25, 0.3) is 0 Å². The molecule has 0 unspecified atom stereocenters. The molecule has 0 fully saturated rings. The number of carbonyl (C=O) groups excluding carboxylic acids is 1. The Morgan fingerprint density at radius 2 is 1.63 bits per heavy atom. The Kier molecular flexibility index (Phi) is 4.46. The van der Waals surface area contributed by atoms with Crippen LogP contribution in [0.25, 0.3) is 6.08 Å². The number of carbonyl (C=O) groups is 1.